The topological polar surface area (TPSA) is 85.1 Å². The smallest absolute Gasteiger partial charge is 0.253 e. The van der Waals surface area contributed by atoms with Crippen LogP contribution in [0.2, 0.25) is 0 Å². The van der Waals surface area contributed by atoms with Crippen molar-refractivity contribution in [2.45, 2.75) is 26.1 Å². The summed E-state index contributed by atoms with van der Waals surface area (Å²) in [7, 11) is 0. The van der Waals surface area contributed by atoms with Gasteiger partial charge < -0.3 is 34.1 Å². The number of aromatic amines is 1. The highest BCUT2D eigenvalue weighted by Crippen LogP contribution is 2.35. The van der Waals surface area contributed by atoms with Gasteiger partial charge in [0.15, 0.2) is 28.1 Å². The molecule has 0 saturated heterocycles. The molecular weight excluding hydrogens is 490 g/mol. The number of hydrogen-bond donors (Lipinski definition) is 2. The van der Waals surface area contributed by atoms with Crippen molar-refractivity contribution in [2.24, 2.45) is 0 Å². The van der Waals surface area contributed by atoms with E-state index >= 15 is 0 Å². The minimum absolute atomic E-state index is 0.0115. The van der Waals surface area contributed by atoms with Crippen LogP contribution in [0, 0.1) is 0 Å². The molecule has 0 spiro atoms. The van der Waals surface area contributed by atoms with Gasteiger partial charge in [0, 0.05) is 23.6 Å². The Bertz CT molecular complexity index is 1540. The van der Waals surface area contributed by atoms with Crippen LogP contribution in [0.4, 0.5) is 0 Å². The highest BCUT2D eigenvalue weighted by molar-refractivity contribution is 7.80. The van der Waals surface area contributed by atoms with Gasteiger partial charge in [-0.1, -0.05) is 36.4 Å². The van der Waals surface area contributed by atoms with Crippen molar-refractivity contribution in [2.75, 3.05) is 13.6 Å². The lowest BCUT2D eigenvalue weighted by Gasteiger charge is -2.28. The maximum Gasteiger partial charge on any atom is 0.253 e. The molecule has 0 unspecified atom stereocenters. The molecule has 0 bridgehead atoms. The molecule has 3 heterocycles. The highest BCUT2D eigenvalue weighted by Gasteiger charge is 2.20. The van der Waals surface area contributed by atoms with Gasteiger partial charge in [-0.05, 0) is 54.5 Å². The lowest BCUT2D eigenvalue weighted by Crippen LogP contribution is -2.41. The third-order valence-electron chi connectivity index (χ3n) is 6.51. The molecule has 0 aliphatic carbocycles. The van der Waals surface area contributed by atoms with E-state index in [1.807, 2.05) is 53.4 Å². The molecule has 0 saturated carbocycles. The van der Waals surface area contributed by atoms with Crippen molar-refractivity contribution in [3.8, 4) is 23.0 Å². The lowest BCUT2D eigenvalue weighted by molar-refractivity contribution is 0.173. The Morgan fingerprint density at radius 3 is 2.41 bits per heavy atom. The van der Waals surface area contributed by atoms with Crippen LogP contribution in [0.5, 0.6) is 23.0 Å². The maximum atomic E-state index is 13.1. The Morgan fingerprint density at radius 2 is 1.62 bits per heavy atom. The number of pyridine rings is 1. The number of nitrogens with one attached hydrogen (secondary N) is 2. The molecule has 3 aromatic carbocycles. The second-order valence-corrected chi connectivity index (χ2v) is 9.43. The minimum Gasteiger partial charge on any atom is -0.454 e. The molecule has 4 aromatic rings. The minimum atomic E-state index is -0.180. The molecule has 1 atom stereocenters. The van der Waals surface area contributed by atoms with Crippen LogP contribution in [-0.4, -0.2) is 28.6 Å². The third kappa shape index (κ3) is 4.77. The van der Waals surface area contributed by atoms with Gasteiger partial charge in [0.1, 0.15) is 0 Å². The van der Waals surface area contributed by atoms with Crippen molar-refractivity contribution in [1.29, 1.82) is 0 Å². The Kier molecular flexibility index (Phi) is 6.05. The van der Waals surface area contributed by atoms with Crippen molar-refractivity contribution in [3.05, 3.63) is 93.8 Å². The Morgan fingerprint density at radius 1 is 0.919 bits per heavy atom. The predicted molar refractivity (Wildman–Crippen MR) is 143 cm³/mol. The summed E-state index contributed by atoms with van der Waals surface area (Å²) in [6.07, 6.45) is 0. The first-order chi connectivity index (χ1) is 18.0. The fraction of sp³-hybridized carbons (Fsp3) is 0.214. The molecule has 2 N–H and O–H groups in total. The van der Waals surface area contributed by atoms with E-state index in [1.165, 1.54) is 0 Å². The molecule has 1 aromatic heterocycles. The molecule has 8 nitrogen and oxygen atoms in total. The molecule has 0 fully saturated rings. The number of benzene rings is 3. The molecule has 0 amide bonds. The monoisotopic (exact) mass is 515 g/mol. The summed E-state index contributed by atoms with van der Waals surface area (Å²) in [6, 6.07) is 21.5. The predicted octanol–water partition coefficient (Wildman–Crippen LogP) is 4.62. The zero-order valence-electron chi connectivity index (χ0n) is 20.2. The second-order valence-electron chi connectivity index (χ2n) is 9.04. The largest absolute Gasteiger partial charge is 0.454 e. The Labute approximate surface area is 218 Å². The van der Waals surface area contributed by atoms with Gasteiger partial charge in [0.05, 0.1) is 18.1 Å². The van der Waals surface area contributed by atoms with Crippen LogP contribution in [0.3, 0.4) is 0 Å². The summed E-state index contributed by atoms with van der Waals surface area (Å²) >= 11 is 5.86. The molecular formula is C28H25N3O5S. The van der Waals surface area contributed by atoms with E-state index in [2.05, 4.69) is 29.4 Å². The van der Waals surface area contributed by atoms with Crippen molar-refractivity contribution in [1.82, 2.24) is 15.2 Å². The van der Waals surface area contributed by atoms with Gasteiger partial charge in [-0.2, -0.15) is 0 Å². The van der Waals surface area contributed by atoms with Crippen LogP contribution < -0.4 is 29.8 Å². The first kappa shape index (κ1) is 23.2. The second kappa shape index (κ2) is 9.67. The number of aromatic nitrogens is 1. The Balaban J connectivity index is 1.30. The normalized spacial score (nSPS) is 14.0. The van der Waals surface area contributed by atoms with E-state index in [9.17, 15) is 4.79 Å². The number of rotatable bonds is 6. The summed E-state index contributed by atoms with van der Waals surface area (Å²) in [4.78, 5) is 18.0. The van der Waals surface area contributed by atoms with Crippen LogP contribution in [0.1, 0.15) is 29.7 Å². The zero-order valence-corrected chi connectivity index (χ0v) is 21.0. The first-order valence-electron chi connectivity index (χ1n) is 12.0. The molecule has 188 valence electrons. The molecule has 2 aliphatic heterocycles. The fourth-order valence-electron chi connectivity index (χ4n) is 4.53. The third-order valence-corrected chi connectivity index (χ3v) is 6.89. The molecule has 9 heteroatoms. The lowest BCUT2D eigenvalue weighted by atomic mass is 10.1. The number of thiocarbonyl (C=S) groups is 1. The summed E-state index contributed by atoms with van der Waals surface area (Å²) in [5, 5.41) is 4.83. The Hall–Kier alpha value is -4.24. The van der Waals surface area contributed by atoms with Gasteiger partial charge >= 0.3 is 0 Å². The van der Waals surface area contributed by atoms with E-state index in [0.29, 0.717) is 46.5 Å². The molecule has 6 rings (SSSR count). The number of H-pyrrole nitrogens is 1. The van der Waals surface area contributed by atoms with E-state index in [0.717, 1.165) is 22.3 Å². The molecule has 0 radical (unpaired) electrons. The average Bonchev–Trinajstić information content (AvgIpc) is 3.56. The van der Waals surface area contributed by atoms with Gasteiger partial charge in [-0.3, -0.25) is 4.79 Å². The van der Waals surface area contributed by atoms with Gasteiger partial charge in [-0.25, -0.2) is 0 Å². The standard InChI is InChI=1S/C28H25N3O5S/c1-17(19-5-3-2-4-6-19)29-28(37)31(13-18-7-8-23-24(9-18)34-15-33-23)14-21-10-20-11-25-26(36-16-35-25)12-22(20)30-27(21)32/h2-12,17H,13-16H2,1H3,(H,29,37)(H,30,32)/t17-/m1/s1. The van der Waals surface area contributed by atoms with Gasteiger partial charge in [0.25, 0.3) is 5.56 Å². The van der Waals surface area contributed by atoms with Crippen molar-refractivity contribution < 1.29 is 18.9 Å². The van der Waals surface area contributed by atoms with Crippen molar-refractivity contribution in [3.63, 3.8) is 0 Å². The fourth-order valence-corrected chi connectivity index (χ4v) is 4.83. The summed E-state index contributed by atoms with van der Waals surface area (Å²) in [6.45, 7) is 3.23. The quantitative estimate of drug-likeness (QED) is 0.360. The first-order valence-corrected chi connectivity index (χ1v) is 12.4. The summed E-state index contributed by atoms with van der Waals surface area (Å²) in [5.41, 5.74) is 3.21. The highest BCUT2D eigenvalue weighted by atomic mass is 32.1. The van der Waals surface area contributed by atoms with E-state index in [4.69, 9.17) is 31.2 Å². The van der Waals surface area contributed by atoms with Crippen LogP contribution in [0.15, 0.2) is 71.5 Å². The molecule has 2 aliphatic rings. The van der Waals surface area contributed by atoms with E-state index < -0.39 is 0 Å². The zero-order chi connectivity index (χ0) is 25.4. The van der Waals surface area contributed by atoms with Crippen LogP contribution >= 0.6 is 12.2 Å². The number of ether oxygens (including phenoxy) is 4. The SMILES string of the molecule is C[C@@H](NC(=S)N(Cc1ccc2c(c1)OCO2)Cc1cc2cc3c(cc2[nH]c1=O)OCO3)c1ccccc1. The number of hydrogen-bond acceptors (Lipinski definition) is 6. The van der Waals surface area contributed by atoms with Crippen LogP contribution in [-0.2, 0) is 13.1 Å². The van der Waals surface area contributed by atoms with Gasteiger partial charge in [0.2, 0.25) is 13.6 Å². The average molecular weight is 516 g/mol. The van der Waals surface area contributed by atoms with E-state index in [1.54, 1.807) is 6.07 Å². The summed E-state index contributed by atoms with van der Waals surface area (Å²) in [5.74, 6) is 2.71. The van der Waals surface area contributed by atoms with E-state index in [-0.39, 0.29) is 25.2 Å². The number of nitrogens with zero attached hydrogens (tertiary/aromatic N) is 1. The van der Waals surface area contributed by atoms with Crippen LogP contribution in [0.25, 0.3) is 10.9 Å². The maximum absolute atomic E-state index is 13.1. The summed E-state index contributed by atoms with van der Waals surface area (Å²) < 4.78 is 22.0. The number of fused-ring (bicyclic) bond motifs is 3. The molecule has 37 heavy (non-hydrogen) atoms. The van der Waals surface area contributed by atoms with Gasteiger partial charge in [-0.15, -0.1) is 0 Å². The van der Waals surface area contributed by atoms with Crippen molar-refractivity contribution >= 4 is 28.2 Å².